The summed E-state index contributed by atoms with van der Waals surface area (Å²) in [5.41, 5.74) is 0.899. The highest BCUT2D eigenvalue weighted by Crippen LogP contribution is 2.29. The molecule has 1 aromatic heterocycles. The van der Waals surface area contributed by atoms with Gasteiger partial charge in [0.25, 0.3) is 5.56 Å². The van der Waals surface area contributed by atoms with Crippen molar-refractivity contribution in [2.45, 2.75) is 45.4 Å². The topological polar surface area (TPSA) is 82.4 Å². The van der Waals surface area contributed by atoms with E-state index in [-0.39, 0.29) is 11.4 Å². The van der Waals surface area contributed by atoms with E-state index in [9.17, 15) is 13.7 Å². The number of benzene rings is 1. The van der Waals surface area contributed by atoms with Gasteiger partial charge in [-0.3, -0.25) is 9.36 Å². The third kappa shape index (κ3) is 4.28. The summed E-state index contributed by atoms with van der Waals surface area (Å²) in [5.74, 6) is -0.0750. The maximum atomic E-state index is 14.9. The predicted octanol–water partition coefficient (Wildman–Crippen LogP) is 2.33. The average molecular weight is 425 g/mol. The second kappa shape index (κ2) is 8.22. The van der Waals surface area contributed by atoms with Crippen molar-refractivity contribution in [3.8, 4) is 0 Å². The molecule has 7 nitrogen and oxygen atoms in total. The van der Waals surface area contributed by atoms with E-state index < -0.39 is 27.5 Å². The summed E-state index contributed by atoms with van der Waals surface area (Å²) in [6.45, 7) is 11.4. The van der Waals surface area contributed by atoms with Crippen LogP contribution in [0, 0.1) is 12.7 Å². The Kier molecular flexibility index (Phi) is 6.24. The summed E-state index contributed by atoms with van der Waals surface area (Å²) in [6.07, 6.45) is 0. The van der Waals surface area contributed by atoms with Gasteiger partial charge in [-0.15, -0.1) is 4.72 Å². The molecule has 0 spiro atoms. The van der Waals surface area contributed by atoms with Crippen molar-refractivity contribution in [2.75, 3.05) is 31.2 Å². The Hall–Kier alpha value is -1.68. The van der Waals surface area contributed by atoms with Gasteiger partial charge in [0.05, 0.1) is 24.8 Å². The second-order valence-corrected chi connectivity index (χ2v) is 10.4. The van der Waals surface area contributed by atoms with Crippen LogP contribution in [-0.2, 0) is 23.1 Å². The van der Waals surface area contributed by atoms with Crippen molar-refractivity contribution in [2.24, 2.45) is 7.05 Å². The first-order chi connectivity index (χ1) is 13.5. The Morgan fingerprint density at radius 1 is 1.34 bits per heavy atom. The minimum atomic E-state index is -1.32. The first-order valence-corrected chi connectivity index (χ1v) is 10.9. The molecule has 3 rings (SSSR count). The normalized spacial score (nSPS) is 17.6. The lowest BCUT2D eigenvalue weighted by Crippen LogP contribution is -2.41. The van der Waals surface area contributed by atoms with Gasteiger partial charge in [-0.25, -0.2) is 9.37 Å². The number of aryl methyl sites for hydroxylation is 1. The van der Waals surface area contributed by atoms with E-state index in [0.717, 1.165) is 0 Å². The molecule has 0 amide bonds. The average Bonchev–Trinajstić information content (AvgIpc) is 2.66. The smallest absolute Gasteiger partial charge is 0.265 e. The van der Waals surface area contributed by atoms with Crippen LogP contribution in [0.3, 0.4) is 0 Å². The number of nitrogens with one attached hydrogen (secondary N) is 1. The number of hydrogen-bond acceptors (Lipinski definition) is 6. The van der Waals surface area contributed by atoms with Crippen LogP contribution < -0.4 is 15.2 Å². The Morgan fingerprint density at radius 3 is 2.55 bits per heavy atom. The molecule has 0 saturated carbocycles. The van der Waals surface area contributed by atoms with E-state index in [0.29, 0.717) is 48.9 Å². The van der Waals surface area contributed by atoms with E-state index in [1.807, 2.05) is 32.6 Å². The molecule has 2 atom stereocenters. The summed E-state index contributed by atoms with van der Waals surface area (Å²) >= 11 is -1.32. The van der Waals surface area contributed by atoms with Crippen molar-refractivity contribution in [3.05, 3.63) is 33.4 Å². The van der Waals surface area contributed by atoms with Crippen molar-refractivity contribution in [1.82, 2.24) is 14.3 Å². The first-order valence-electron chi connectivity index (χ1n) is 9.73. The number of rotatable bonds is 4. The Bertz CT molecular complexity index is 967. The van der Waals surface area contributed by atoms with Crippen molar-refractivity contribution < 1.29 is 13.7 Å². The first kappa shape index (κ1) is 22.0. The molecule has 1 unspecified atom stereocenters. The Morgan fingerprint density at radius 2 is 1.97 bits per heavy atom. The molecule has 29 heavy (non-hydrogen) atoms. The maximum absolute atomic E-state index is 14.9. The fraction of sp³-hybridized carbons (Fsp3) is 0.600. The van der Waals surface area contributed by atoms with Crippen LogP contribution in [0.25, 0.3) is 10.9 Å². The SMILES string of the molecule is Cc1cc([C@@H](C)N[S+]([O-])C(C)(C)C)c2nc(N3CCOCC3)n(C)c(=O)c2c1F. The zero-order valence-corrected chi connectivity index (χ0v) is 18.7. The molecule has 1 N–H and O–H groups in total. The number of hydrogen-bond donors (Lipinski definition) is 1. The highest BCUT2D eigenvalue weighted by Gasteiger charge is 2.30. The largest absolute Gasteiger partial charge is 0.598 e. The summed E-state index contributed by atoms with van der Waals surface area (Å²) in [4.78, 5) is 19.7. The number of ether oxygens (including phenoxy) is 1. The van der Waals surface area contributed by atoms with Crippen LogP contribution in [-0.4, -0.2) is 45.2 Å². The predicted molar refractivity (Wildman–Crippen MR) is 114 cm³/mol. The monoisotopic (exact) mass is 424 g/mol. The van der Waals surface area contributed by atoms with Crippen LogP contribution in [0.15, 0.2) is 10.9 Å². The fourth-order valence-electron chi connectivity index (χ4n) is 3.34. The quantitative estimate of drug-likeness (QED) is 0.759. The van der Waals surface area contributed by atoms with E-state index >= 15 is 0 Å². The third-order valence-corrected chi connectivity index (χ3v) is 6.76. The highest BCUT2D eigenvalue weighted by atomic mass is 32.2. The molecule has 2 aromatic rings. The molecule has 2 heterocycles. The molecule has 0 aliphatic carbocycles. The second-order valence-electron chi connectivity index (χ2n) is 8.42. The summed E-state index contributed by atoms with van der Waals surface area (Å²) in [5, 5.41) is -0.0327. The van der Waals surface area contributed by atoms with Crippen LogP contribution in [0.2, 0.25) is 0 Å². The van der Waals surface area contributed by atoms with Gasteiger partial charge in [-0.2, -0.15) is 0 Å². The van der Waals surface area contributed by atoms with Gasteiger partial charge in [-0.05, 0) is 46.2 Å². The van der Waals surface area contributed by atoms with Gasteiger partial charge >= 0.3 is 0 Å². The molecule has 0 radical (unpaired) electrons. The van der Waals surface area contributed by atoms with Crippen LogP contribution >= 0.6 is 0 Å². The maximum Gasteiger partial charge on any atom is 0.265 e. The van der Waals surface area contributed by atoms with Gasteiger partial charge in [-0.1, -0.05) is 0 Å². The van der Waals surface area contributed by atoms with Crippen LogP contribution in [0.4, 0.5) is 10.3 Å². The van der Waals surface area contributed by atoms with Crippen LogP contribution in [0.5, 0.6) is 0 Å². The molecule has 9 heteroatoms. The molecule has 1 aliphatic heterocycles. The summed E-state index contributed by atoms with van der Waals surface area (Å²) < 4.78 is 36.9. The lowest BCUT2D eigenvalue weighted by Gasteiger charge is -2.30. The minimum absolute atomic E-state index is 0.0327. The lowest BCUT2D eigenvalue weighted by molar-refractivity contribution is 0.121. The standard InChI is InChI=1S/C20H29FN4O3S/c1-12-11-14(13(2)23-29(27)20(3,4)5)17-15(16(12)21)18(26)24(6)19(22-17)25-7-9-28-10-8-25/h11,13,23H,7-10H2,1-6H3/t13-,29?/m1/s1. The molecule has 1 saturated heterocycles. The molecule has 160 valence electrons. The summed E-state index contributed by atoms with van der Waals surface area (Å²) in [7, 11) is 1.61. The molecule has 0 bridgehead atoms. The van der Waals surface area contributed by atoms with Gasteiger partial charge in [0.2, 0.25) is 5.95 Å². The van der Waals surface area contributed by atoms with Crippen molar-refractivity contribution in [3.63, 3.8) is 0 Å². The van der Waals surface area contributed by atoms with Crippen LogP contribution in [0.1, 0.15) is 44.9 Å². The van der Waals surface area contributed by atoms with Gasteiger partial charge in [0.15, 0.2) is 0 Å². The van der Waals surface area contributed by atoms with E-state index in [1.54, 1.807) is 20.0 Å². The van der Waals surface area contributed by atoms with E-state index in [4.69, 9.17) is 9.72 Å². The number of anilines is 1. The Balaban J connectivity index is 2.18. The van der Waals surface area contributed by atoms with Crippen molar-refractivity contribution >= 4 is 28.2 Å². The number of fused-ring (bicyclic) bond motifs is 1. The zero-order valence-electron chi connectivity index (χ0n) is 17.8. The molecular weight excluding hydrogens is 395 g/mol. The molecular formula is C20H29FN4O3S. The minimum Gasteiger partial charge on any atom is -0.598 e. The lowest BCUT2D eigenvalue weighted by atomic mass is 10.0. The molecule has 1 fully saturated rings. The number of morpholine rings is 1. The van der Waals surface area contributed by atoms with Gasteiger partial charge in [0.1, 0.15) is 16.0 Å². The van der Waals surface area contributed by atoms with Gasteiger partial charge in [0, 0.05) is 37.1 Å². The molecule has 1 aromatic carbocycles. The fourth-order valence-corrected chi connectivity index (χ4v) is 4.14. The van der Waals surface area contributed by atoms with E-state index in [1.165, 1.54) is 4.57 Å². The third-order valence-electron chi connectivity index (χ3n) is 5.08. The zero-order chi connectivity index (χ0) is 21.5. The van der Waals surface area contributed by atoms with E-state index in [2.05, 4.69) is 4.72 Å². The molecule has 1 aliphatic rings. The number of nitrogens with zero attached hydrogens (tertiary/aromatic N) is 3. The van der Waals surface area contributed by atoms with Crippen molar-refractivity contribution in [1.29, 1.82) is 0 Å². The highest BCUT2D eigenvalue weighted by molar-refractivity contribution is 7.90. The van der Waals surface area contributed by atoms with Gasteiger partial charge < -0.3 is 14.2 Å². The number of aromatic nitrogens is 2. The summed E-state index contributed by atoms with van der Waals surface area (Å²) in [6, 6.07) is 1.30. The number of halogens is 1. The Labute approximate surface area is 173 Å².